The fraction of sp³-hybridized carbons (Fsp3) is 0.857. The number of carbonyl (C=O) groups is 2. The highest BCUT2D eigenvalue weighted by atomic mass is 16.2. The van der Waals surface area contributed by atoms with Gasteiger partial charge in [0.25, 0.3) is 0 Å². The Hall–Kier alpha value is -1.06. The zero-order valence-electron chi connectivity index (χ0n) is 11.5. The van der Waals surface area contributed by atoms with Crippen LogP contribution in [0.15, 0.2) is 0 Å². The van der Waals surface area contributed by atoms with E-state index in [0.29, 0.717) is 6.54 Å². The molecule has 0 radical (unpaired) electrons. The fourth-order valence-electron chi connectivity index (χ4n) is 2.32. The fourth-order valence-corrected chi connectivity index (χ4v) is 2.32. The van der Waals surface area contributed by atoms with Crippen molar-refractivity contribution in [1.82, 2.24) is 10.6 Å². The van der Waals surface area contributed by atoms with Crippen molar-refractivity contribution in [3.05, 3.63) is 0 Å². The summed E-state index contributed by atoms with van der Waals surface area (Å²) in [5.74, 6) is -0.287. The zero-order valence-corrected chi connectivity index (χ0v) is 11.5. The molecule has 2 amide bonds. The number of hydrogen-bond acceptors (Lipinski definition) is 2. The molecule has 0 aromatic heterocycles. The first kappa shape index (κ1) is 15.0. The van der Waals surface area contributed by atoms with E-state index in [-0.39, 0.29) is 24.3 Å². The number of unbranched alkanes of at least 4 members (excludes halogenated alkanes) is 1. The predicted octanol–water partition coefficient (Wildman–Crippen LogP) is 2.13. The molecule has 2 N–H and O–H groups in total. The Bertz CT molecular complexity index is 259. The maximum atomic E-state index is 11.7. The lowest BCUT2D eigenvalue weighted by Gasteiger charge is -2.15. The molecule has 1 aliphatic carbocycles. The molecule has 0 unspecified atom stereocenters. The molecule has 104 valence electrons. The van der Waals surface area contributed by atoms with Gasteiger partial charge in [0.15, 0.2) is 0 Å². The number of nitrogens with one attached hydrogen (secondary N) is 2. The Morgan fingerprint density at radius 2 is 1.72 bits per heavy atom. The number of rotatable bonds is 6. The van der Waals surface area contributed by atoms with Crippen molar-refractivity contribution in [2.75, 3.05) is 6.54 Å². The van der Waals surface area contributed by atoms with Crippen LogP contribution in [0, 0.1) is 0 Å². The standard InChI is InChI=1S/C14H26N2O2/c1-2-3-10-15-13(17)11-14(18)16-12-8-6-4-5-7-9-12/h12H,2-11H2,1H3,(H,15,17)(H,16,18). The lowest BCUT2D eigenvalue weighted by molar-refractivity contribution is -0.129. The third kappa shape index (κ3) is 6.62. The average Bonchev–Trinajstić information content (AvgIpc) is 2.57. The van der Waals surface area contributed by atoms with Gasteiger partial charge in [-0.25, -0.2) is 0 Å². The molecule has 0 aromatic rings. The van der Waals surface area contributed by atoms with Gasteiger partial charge in [0.05, 0.1) is 0 Å². The second-order valence-corrected chi connectivity index (χ2v) is 5.14. The minimum absolute atomic E-state index is 0.0276. The van der Waals surface area contributed by atoms with E-state index in [0.717, 1.165) is 25.7 Å². The minimum atomic E-state index is -0.158. The smallest absolute Gasteiger partial charge is 0.229 e. The molecule has 1 saturated carbocycles. The lowest BCUT2D eigenvalue weighted by atomic mass is 10.1. The molecule has 0 atom stereocenters. The van der Waals surface area contributed by atoms with Crippen LogP contribution >= 0.6 is 0 Å². The van der Waals surface area contributed by atoms with Crippen LogP contribution in [-0.2, 0) is 9.59 Å². The lowest BCUT2D eigenvalue weighted by Crippen LogP contribution is -2.38. The van der Waals surface area contributed by atoms with E-state index in [1.165, 1.54) is 25.7 Å². The molecule has 0 aliphatic heterocycles. The highest BCUT2D eigenvalue weighted by molar-refractivity contribution is 5.96. The molecule has 1 fully saturated rings. The highest BCUT2D eigenvalue weighted by Crippen LogP contribution is 2.17. The molecule has 0 bridgehead atoms. The molecule has 1 aliphatic rings. The summed E-state index contributed by atoms with van der Waals surface area (Å²) in [4.78, 5) is 23.2. The van der Waals surface area contributed by atoms with Crippen LogP contribution in [0.25, 0.3) is 0 Å². The van der Waals surface area contributed by atoms with Crippen molar-refractivity contribution in [3.8, 4) is 0 Å². The van der Waals surface area contributed by atoms with Gasteiger partial charge in [-0.3, -0.25) is 9.59 Å². The van der Waals surface area contributed by atoms with Crippen molar-refractivity contribution in [1.29, 1.82) is 0 Å². The van der Waals surface area contributed by atoms with E-state index in [4.69, 9.17) is 0 Å². The van der Waals surface area contributed by atoms with E-state index >= 15 is 0 Å². The molecule has 18 heavy (non-hydrogen) atoms. The third-order valence-electron chi connectivity index (χ3n) is 3.39. The Labute approximate surface area is 110 Å². The van der Waals surface area contributed by atoms with Crippen molar-refractivity contribution < 1.29 is 9.59 Å². The second kappa shape index (κ2) is 8.95. The van der Waals surface area contributed by atoms with Crippen LogP contribution in [0.2, 0.25) is 0 Å². The number of amides is 2. The summed E-state index contributed by atoms with van der Waals surface area (Å²) < 4.78 is 0. The van der Waals surface area contributed by atoms with E-state index < -0.39 is 0 Å². The molecule has 0 saturated heterocycles. The maximum absolute atomic E-state index is 11.7. The van der Waals surface area contributed by atoms with Crippen LogP contribution in [0.4, 0.5) is 0 Å². The summed E-state index contributed by atoms with van der Waals surface area (Å²) in [6.07, 6.45) is 9.02. The molecule has 0 spiro atoms. The normalized spacial score (nSPS) is 16.9. The van der Waals surface area contributed by atoms with Crippen molar-refractivity contribution in [2.24, 2.45) is 0 Å². The maximum Gasteiger partial charge on any atom is 0.229 e. The Kier molecular flexibility index (Phi) is 7.46. The quantitative estimate of drug-likeness (QED) is 0.433. The molecule has 0 heterocycles. The number of hydrogen-bond donors (Lipinski definition) is 2. The molecule has 1 rings (SSSR count). The first-order chi connectivity index (χ1) is 8.72. The first-order valence-corrected chi connectivity index (χ1v) is 7.28. The van der Waals surface area contributed by atoms with Crippen LogP contribution in [0.3, 0.4) is 0 Å². The molecular formula is C14H26N2O2. The summed E-state index contributed by atoms with van der Waals surface area (Å²) in [5, 5.41) is 5.74. The third-order valence-corrected chi connectivity index (χ3v) is 3.39. The van der Waals surface area contributed by atoms with E-state index in [9.17, 15) is 9.59 Å². The van der Waals surface area contributed by atoms with Crippen molar-refractivity contribution in [2.45, 2.75) is 70.8 Å². The van der Waals surface area contributed by atoms with Crippen LogP contribution in [0.1, 0.15) is 64.7 Å². The van der Waals surface area contributed by atoms with Gasteiger partial charge in [-0.2, -0.15) is 0 Å². The topological polar surface area (TPSA) is 58.2 Å². The summed E-state index contributed by atoms with van der Waals surface area (Å²) in [6, 6.07) is 0.281. The largest absolute Gasteiger partial charge is 0.356 e. The monoisotopic (exact) mass is 254 g/mol. The molecule has 4 nitrogen and oxygen atoms in total. The summed E-state index contributed by atoms with van der Waals surface area (Å²) >= 11 is 0. The van der Waals surface area contributed by atoms with Crippen molar-refractivity contribution in [3.63, 3.8) is 0 Å². The zero-order chi connectivity index (χ0) is 13.2. The second-order valence-electron chi connectivity index (χ2n) is 5.14. The summed E-state index contributed by atoms with van der Waals surface area (Å²) in [6.45, 7) is 2.75. The summed E-state index contributed by atoms with van der Waals surface area (Å²) in [7, 11) is 0. The highest BCUT2D eigenvalue weighted by Gasteiger charge is 2.16. The van der Waals surface area contributed by atoms with E-state index in [1.54, 1.807) is 0 Å². The van der Waals surface area contributed by atoms with Gasteiger partial charge < -0.3 is 10.6 Å². The molecule has 4 heteroatoms. The van der Waals surface area contributed by atoms with Gasteiger partial charge >= 0.3 is 0 Å². The van der Waals surface area contributed by atoms with Crippen LogP contribution < -0.4 is 10.6 Å². The molecule has 0 aromatic carbocycles. The number of carbonyl (C=O) groups excluding carboxylic acids is 2. The van der Waals surface area contributed by atoms with Crippen LogP contribution in [0.5, 0.6) is 0 Å². The van der Waals surface area contributed by atoms with E-state index in [1.807, 2.05) is 0 Å². The average molecular weight is 254 g/mol. The minimum Gasteiger partial charge on any atom is -0.356 e. The van der Waals surface area contributed by atoms with Gasteiger partial charge in [-0.15, -0.1) is 0 Å². The Morgan fingerprint density at radius 1 is 1.06 bits per heavy atom. The van der Waals surface area contributed by atoms with E-state index in [2.05, 4.69) is 17.6 Å². The van der Waals surface area contributed by atoms with Crippen molar-refractivity contribution >= 4 is 11.8 Å². The van der Waals surface area contributed by atoms with Gasteiger partial charge in [0.1, 0.15) is 6.42 Å². The van der Waals surface area contributed by atoms with Gasteiger partial charge in [-0.1, -0.05) is 39.0 Å². The molecular weight excluding hydrogens is 228 g/mol. The van der Waals surface area contributed by atoms with Gasteiger partial charge in [-0.05, 0) is 19.3 Å². The van der Waals surface area contributed by atoms with Crippen LogP contribution in [-0.4, -0.2) is 24.4 Å². The van der Waals surface area contributed by atoms with Gasteiger partial charge in [0.2, 0.25) is 11.8 Å². The Balaban J connectivity index is 2.17. The first-order valence-electron chi connectivity index (χ1n) is 7.28. The Morgan fingerprint density at radius 3 is 2.33 bits per heavy atom. The predicted molar refractivity (Wildman–Crippen MR) is 72.2 cm³/mol. The SMILES string of the molecule is CCCCNC(=O)CC(=O)NC1CCCCCC1. The summed E-state index contributed by atoms with van der Waals surface area (Å²) in [5.41, 5.74) is 0. The van der Waals surface area contributed by atoms with Gasteiger partial charge in [0, 0.05) is 12.6 Å².